The number of fused-ring (bicyclic) bond motifs is 2. The van der Waals surface area contributed by atoms with Crippen LogP contribution >= 0.6 is 11.3 Å². The number of carbonyl (C=O) groups excluding carboxylic acids is 3. The Kier molecular flexibility index (Phi) is 7.49. The summed E-state index contributed by atoms with van der Waals surface area (Å²) in [5, 5.41) is 9.05. The number of rotatable bonds is 12. The van der Waals surface area contributed by atoms with Crippen LogP contribution in [0.1, 0.15) is 84.2 Å². The summed E-state index contributed by atoms with van der Waals surface area (Å²) in [6, 6.07) is 7.02. The summed E-state index contributed by atoms with van der Waals surface area (Å²) in [7, 11) is 0. The van der Waals surface area contributed by atoms with Gasteiger partial charge in [0, 0.05) is 18.3 Å². The molecule has 1 aliphatic heterocycles. The van der Waals surface area contributed by atoms with Gasteiger partial charge in [0.25, 0.3) is 11.8 Å². The second kappa shape index (κ2) is 10.7. The third-order valence-corrected chi connectivity index (χ3v) is 6.85. The zero-order chi connectivity index (χ0) is 23.2. The summed E-state index contributed by atoms with van der Waals surface area (Å²) in [5.41, 5.74) is 2.05. The number of aromatic nitrogens is 3. The largest absolute Gasteiger partial charge is 0.293 e. The first kappa shape index (κ1) is 23.1. The molecule has 0 saturated heterocycles. The van der Waals surface area contributed by atoms with Crippen LogP contribution in [0.5, 0.6) is 0 Å². The fraction of sp³-hybridized carbons (Fsp3) is 0.458. The molecule has 33 heavy (non-hydrogen) atoms. The summed E-state index contributed by atoms with van der Waals surface area (Å²) in [6.07, 6.45) is 8.65. The van der Waals surface area contributed by atoms with Crippen LogP contribution in [0, 0.1) is 6.92 Å². The number of unbranched alkanes of at least 4 members (excludes halogenated alkanes) is 7. The normalized spacial score (nSPS) is 13.2. The smallest absolute Gasteiger partial charge is 0.261 e. The number of hydrogen-bond acceptors (Lipinski definition) is 6. The van der Waals surface area contributed by atoms with Gasteiger partial charge in [0.15, 0.2) is 0 Å². The van der Waals surface area contributed by atoms with E-state index < -0.39 is 0 Å². The van der Waals surface area contributed by atoms with E-state index in [0.29, 0.717) is 30.0 Å². The Morgan fingerprint density at radius 2 is 1.55 bits per heavy atom. The Labute approximate surface area is 197 Å². The van der Waals surface area contributed by atoms with Gasteiger partial charge in [0.2, 0.25) is 16.8 Å². The van der Waals surface area contributed by atoms with Crippen molar-refractivity contribution in [3.8, 4) is 0 Å². The van der Waals surface area contributed by atoms with E-state index in [9.17, 15) is 14.4 Å². The van der Waals surface area contributed by atoms with E-state index in [1.54, 1.807) is 28.8 Å². The lowest BCUT2D eigenvalue weighted by Gasteiger charge is -2.13. The van der Waals surface area contributed by atoms with Gasteiger partial charge in [-0.1, -0.05) is 50.7 Å². The van der Waals surface area contributed by atoms with Crippen molar-refractivity contribution in [2.75, 3.05) is 11.9 Å². The topological polar surface area (TPSA) is 96.7 Å². The van der Waals surface area contributed by atoms with Crippen molar-refractivity contribution in [3.63, 3.8) is 0 Å². The summed E-state index contributed by atoms with van der Waals surface area (Å²) in [6.45, 7) is 2.45. The maximum atomic E-state index is 12.3. The van der Waals surface area contributed by atoms with Gasteiger partial charge in [-0.25, -0.2) is 4.52 Å². The summed E-state index contributed by atoms with van der Waals surface area (Å²) < 4.78 is 1.74. The number of imide groups is 1. The van der Waals surface area contributed by atoms with Crippen LogP contribution in [-0.4, -0.2) is 43.8 Å². The Morgan fingerprint density at radius 3 is 2.18 bits per heavy atom. The quantitative estimate of drug-likeness (QED) is 0.304. The molecule has 1 aliphatic rings. The van der Waals surface area contributed by atoms with Gasteiger partial charge in [-0.3, -0.25) is 24.6 Å². The molecule has 0 aliphatic carbocycles. The van der Waals surface area contributed by atoms with Crippen LogP contribution in [0.2, 0.25) is 0 Å². The van der Waals surface area contributed by atoms with Gasteiger partial charge in [-0.05, 0) is 31.9 Å². The monoisotopic (exact) mass is 467 g/mol. The van der Waals surface area contributed by atoms with Crippen LogP contribution < -0.4 is 5.32 Å². The minimum Gasteiger partial charge on any atom is -0.293 e. The van der Waals surface area contributed by atoms with E-state index in [4.69, 9.17) is 0 Å². The predicted octanol–water partition coefficient (Wildman–Crippen LogP) is 4.84. The van der Waals surface area contributed by atoms with Crippen molar-refractivity contribution < 1.29 is 14.4 Å². The van der Waals surface area contributed by atoms with Gasteiger partial charge >= 0.3 is 0 Å². The highest BCUT2D eigenvalue weighted by Crippen LogP contribution is 2.23. The molecular formula is C24H29N5O3S. The molecule has 3 amide bonds. The maximum Gasteiger partial charge on any atom is 0.261 e. The average molecular weight is 468 g/mol. The van der Waals surface area contributed by atoms with E-state index in [0.717, 1.165) is 62.0 Å². The summed E-state index contributed by atoms with van der Waals surface area (Å²) in [5.74, 6) is -0.00762. The van der Waals surface area contributed by atoms with Gasteiger partial charge in [-0.15, -0.1) is 16.4 Å². The first-order chi connectivity index (χ1) is 16.0. The van der Waals surface area contributed by atoms with E-state index in [1.165, 1.54) is 16.2 Å². The Balaban J connectivity index is 1.02. The molecule has 0 saturated carbocycles. The molecule has 3 heterocycles. The molecule has 0 unspecified atom stereocenters. The minimum absolute atomic E-state index is 0.0425. The molecule has 0 bridgehead atoms. The van der Waals surface area contributed by atoms with Crippen molar-refractivity contribution in [3.05, 3.63) is 46.5 Å². The molecule has 0 atom stereocenters. The number of benzene rings is 1. The van der Waals surface area contributed by atoms with Crippen LogP contribution in [0.25, 0.3) is 4.96 Å². The lowest BCUT2D eigenvalue weighted by Crippen LogP contribution is -2.30. The van der Waals surface area contributed by atoms with Crippen molar-refractivity contribution >= 4 is 40.0 Å². The van der Waals surface area contributed by atoms with Crippen LogP contribution in [-0.2, 0) is 4.79 Å². The molecule has 1 aromatic carbocycles. The van der Waals surface area contributed by atoms with Crippen LogP contribution in [0.15, 0.2) is 29.6 Å². The molecule has 0 spiro atoms. The Bertz CT molecular complexity index is 1120. The highest BCUT2D eigenvalue weighted by molar-refractivity contribution is 7.15. The number of nitrogens with zero attached hydrogens (tertiary/aromatic N) is 4. The predicted molar refractivity (Wildman–Crippen MR) is 128 cm³/mol. The van der Waals surface area contributed by atoms with E-state index >= 15 is 0 Å². The van der Waals surface area contributed by atoms with Crippen LogP contribution in [0.4, 0.5) is 5.95 Å². The highest BCUT2D eigenvalue weighted by Gasteiger charge is 2.34. The second-order valence-electron chi connectivity index (χ2n) is 8.44. The molecule has 9 heteroatoms. The lowest BCUT2D eigenvalue weighted by atomic mass is 10.1. The summed E-state index contributed by atoms with van der Waals surface area (Å²) >= 11 is 1.51. The third kappa shape index (κ3) is 5.47. The number of hydrogen-bond donors (Lipinski definition) is 1. The number of aryl methyl sites for hydroxylation is 1. The van der Waals surface area contributed by atoms with E-state index in [2.05, 4.69) is 15.4 Å². The van der Waals surface area contributed by atoms with Gasteiger partial charge in [-0.2, -0.15) is 4.98 Å². The highest BCUT2D eigenvalue weighted by atomic mass is 32.1. The van der Waals surface area contributed by atoms with Crippen molar-refractivity contribution in [2.24, 2.45) is 0 Å². The molecule has 4 rings (SSSR count). The first-order valence-electron chi connectivity index (χ1n) is 11.6. The lowest BCUT2D eigenvalue weighted by molar-refractivity contribution is -0.116. The number of thiazole rings is 1. The molecule has 0 radical (unpaired) electrons. The number of carbonyl (C=O) groups is 3. The van der Waals surface area contributed by atoms with E-state index in [-0.39, 0.29) is 17.7 Å². The minimum atomic E-state index is -0.168. The van der Waals surface area contributed by atoms with Gasteiger partial charge < -0.3 is 0 Å². The fourth-order valence-electron chi connectivity index (χ4n) is 4.09. The molecule has 3 aromatic rings. The fourth-order valence-corrected chi connectivity index (χ4v) is 4.89. The standard InChI is InChI=1S/C24H29N5O3S/c1-17-16-33-24-26-23(27-29(17)24)25-20(30)14-8-6-4-2-3-5-7-11-15-28-21(31)18-12-9-10-13-19(18)22(28)32/h9-10,12-13,16H,2-8,11,14-15H2,1H3,(H,25,27,30). The molecular weight excluding hydrogens is 438 g/mol. The molecule has 2 aromatic heterocycles. The van der Waals surface area contributed by atoms with Crippen molar-refractivity contribution in [1.29, 1.82) is 0 Å². The van der Waals surface area contributed by atoms with Gasteiger partial charge in [0.05, 0.1) is 16.8 Å². The molecule has 174 valence electrons. The first-order valence-corrected chi connectivity index (χ1v) is 12.5. The molecule has 8 nitrogen and oxygen atoms in total. The molecule has 0 fully saturated rings. The van der Waals surface area contributed by atoms with Crippen molar-refractivity contribution in [2.45, 2.75) is 64.7 Å². The Morgan fingerprint density at radius 1 is 0.939 bits per heavy atom. The zero-order valence-corrected chi connectivity index (χ0v) is 19.7. The molecule has 1 N–H and O–H groups in total. The maximum absolute atomic E-state index is 12.3. The SMILES string of the molecule is Cc1csc2nc(NC(=O)CCCCCCCCCCN3C(=O)c4ccccc4C3=O)nn12. The van der Waals surface area contributed by atoms with Crippen molar-refractivity contribution in [1.82, 2.24) is 19.5 Å². The van der Waals surface area contributed by atoms with Gasteiger partial charge in [0.1, 0.15) is 0 Å². The second-order valence-corrected chi connectivity index (χ2v) is 9.28. The van der Waals surface area contributed by atoms with Crippen LogP contribution in [0.3, 0.4) is 0 Å². The number of nitrogens with one attached hydrogen (secondary N) is 1. The third-order valence-electron chi connectivity index (χ3n) is 5.91. The average Bonchev–Trinajstić information content (AvgIpc) is 3.44. The number of amides is 3. The summed E-state index contributed by atoms with van der Waals surface area (Å²) in [4.78, 5) is 43.2. The van der Waals surface area contributed by atoms with E-state index in [1.807, 2.05) is 12.3 Å². The Hall–Kier alpha value is -3.07. The zero-order valence-electron chi connectivity index (χ0n) is 18.9. The number of anilines is 1.